The average Bonchev–Trinajstić information content (AvgIpc) is 2.52. The fourth-order valence-corrected chi connectivity index (χ4v) is 2.74. The quantitative estimate of drug-likeness (QED) is 0.517. The summed E-state index contributed by atoms with van der Waals surface area (Å²) in [7, 11) is 0. The van der Waals surface area contributed by atoms with Gasteiger partial charge in [-0.2, -0.15) is 24.9 Å². The first-order valence-electron chi connectivity index (χ1n) is 6.75. The Morgan fingerprint density at radius 2 is 2.09 bits per heavy atom. The lowest BCUT2D eigenvalue weighted by Gasteiger charge is -2.27. The van der Waals surface area contributed by atoms with Crippen LogP contribution < -0.4 is 10.5 Å². The SMILES string of the molecule is NC(=NCCOc1ccc(C(F)(F)F)cn1)N1CCSCC1. The van der Waals surface area contributed by atoms with Gasteiger partial charge in [-0.1, -0.05) is 0 Å². The van der Waals surface area contributed by atoms with Gasteiger partial charge in [0, 0.05) is 36.9 Å². The minimum atomic E-state index is -4.39. The van der Waals surface area contributed by atoms with Gasteiger partial charge in [0.1, 0.15) is 6.61 Å². The van der Waals surface area contributed by atoms with Crippen LogP contribution in [0.2, 0.25) is 0 Å². The van der Waals surface area contributed by atoms with E-state index in [1.807, 2.05) is 16.7 Å². The van der Waals surface area contributed by atoms with Crippen LogP contribution in [0.3, 0.4) is 0 Å². The number of halogens is 3. The van der Waals surface area contributed by atoms with Gasteiger partial charge in [-0.25, -0.2) is 9.98 Å². The Bertz CT molecular complexity index is 501. The monoisotopic (exact) mass is 334 g/mol. The number of aromatic nitrogens is 1. The summed E-state index contributed by atoms with van der Waals surface area (Å²) in [6.45, 7) is 2.29. The van der Waals surface area contributed by atoms with Crippen molar-refractivity contribution >= 4 is 17.7 Å². The van der Waals surface area contributed by atoms with Crippen molar-refractivity contribution in [3.05, 3.63) is 23.9 Å². The van der Waals surface area contributed by atoms with E-state index in [1.165, 1.54) is 6.07 Å². The Morgan fingerprint density at radius 3 is 2.68 bits per heavy atom. The molecule has 2 N–H and O–H groups in total. The van der Waals surface area contributed by atoms with E-state index in [-0.39, 0.29) is 12.5 Å². The summed E-state index contributed by atoms with van der Waals surface area (Å²) in [5, 5.41) is 0. The van der Waals surface area contributed by atoms with Crippen LogP contribution in [-0.4, -0.2) is 53.6 Å². The Balaban J connectivity index is 1.76. The van der Waals surface area contributed by atoms with E-state index >= 15 is 0 Å². The lowest BCUT2D eigenvalue weighted by atomic mass is 10.3. The number of hydrogen-bond donors (Lipinski definition) is 1. The van der Waals surface area contributed by atoms with E-state index in [0.29, 0.717) is 12.5 Å². The molecule has 1 aromatic heterocycles. The van der Waals surface area contributed by atoms with Crippen molar-refractivity contribution < 1.29 is 17.9 Å². The first kappa shape index (κ1) is 16.7. The third kappa shape index (κ3) is 4.97. The van der Waals surface area contributed by atoms with Crippen LogP contribution in [0, 0.1) is 0 Å². The molecule has 0 radical (unpaired) electrons. The van der Waals surface area contributed by atoms with Crippen molar-refractivity contribution in [1.29, 1.82) is 0 Å². The highest BCUT2D eigenvalue weighted by Crippen LogP contribution is 2.29. The number of rotatable bonds is 4. The molecule has 1 aliphatic heterocycles. The molecule has 0 aliphatic carbocycles. The molecule has 0 bridgehead atoms. The van der Waals surface area contributed by atoms with E-state index in [9.17, 15) is 13.2 Å². The van der Waals surface area contributed by atoms with Crippen LogP contribution in [0.5, 0.6) is 5.88 Å². The fourth-order valence-electron chi connectivity index (χ4n) is 1.84. The minimum absolute atomic E-state index is 0.135. The molecule has 2 rings (SSSR count). The van der Waals surface area contributed by atoms with Gasteiger partial charge in [0.05, 0.1) is 12.1 Å². The Kier molecular flexibility index (Phi) is 5.76. The molecule has 0 aromatic carbocycles. The van der Waals surface area contributed by atoms with Crippen LogP contribution >= 0.6 is 11.8 Å². The number of nitrogens with two attached hydrogens (primary N) is 1. The van der Waals surface area contributed by atoms with E-state index in [2.05, 4.69) is 9.98 Å². The summed E-state index contributed by atoms with van der Waals surface area (Å²) in [4.78, 5) is 9.82. The van der Waals surface area contributed by atoms with Crippen molar-refractivity contribution in [1.82, 2.24) is 9.88 Å². The summed E-state index contributed by atoms with van der Waals surface area (Å²) < 4.78 is 42.4. The second-order valence-electron chi connectivity index (χ2n) is 4.57. The maximum absolute atomic E-state index is 12.4. The zero-order valence-corrected chi connectivity index (χ0v) is 12.7. The summed E-state index contributed by atoms with van der Waals surface area (Å²) in [6, 6.07) is 2.13. The number of hydrogen-bond acceptors (Lipinski definition) is 4. The molecule has 9 heteroatoms. The van der Waals surface area contributed by atoms with Gasteiger partial charge < -0.3 is 15.4 Å². The number of pyridine rings is 1. The fraction of sp³-hybridized carbons (Fsp3) is 0.538. The van der Waals surface area contributed by atoms with Crippen molar-refractivity contribution in [3.8, 4) is 5.88 Å². The van der Waals surface area contributed by atoms with Gasteiger partial charge in [0.25, 0.3) is 0 Å². The molecule has 0 amide bonds. The largest absolute Gasteiger partial charge is 0.476 e. The highest BCUT2D eigenvalue weighted by atomic mass is 32.2. The number of thioether (sulfide) groups is 1. The van der Waals surface area contributed by atoms with Gasteiger partial charge in [0.15, 0.2) is 5.96 Å². The standard InChI is InChI=1S/C13H17F3N4OS/c14-13(15,16)10-1-2-11(19-9-10)21-6-3-18-12(17)20-4-7-22-8-5-20/h1-2,9H,3-8H2,(H2,17,18). The molecule has 0 saturated carbocycles. The molecule has 1 aliphatic rings. The number of nitrogens with zero attached hydrogens (tertiary/aromatic N) is 3. The second kappa shape index (κ2) is 7.57. The lowest BCUT2D eigenvalue weighted by molar-refractivity contribution is -0.137. The third-order valence-corrected chi connectivity index (χ3v) is 3.96. The number of ether oxygens (including phenoxy) is 1. The number of guanidine groups is 1. The van der Waals surface area contributed by atoms with Crippen LogP contribution in [0.25, 0.3) is 0 Å². The Hall–Kier alpha value is -1.64. The summed E-state index contributed by atoms with van der Waals surface area (Å²) in [6.07, 6.45) is -3.64. The number of aliphatic imine (C=N–C) groups is 1. The molecule has 0 atom stereocenters. The van der Waals surface area contributed by atoms with Gasteiger partial charge in [-0.3, -0.25) is 0 Å². The van der Waals surface area contributed by atoms with Crippen LogP contribution in [0.4, 0.5) is 13.2 Å². The van der Waals surface area contributed by atoms with Gasteiger partial charge in [-0.05, 0) is 6.07 Å². The van der Waals surface area contributed by atoms with Crippen molar-refractivity contribution in [2.75, 3.05) is 37.7 Å². The Morgan fingerprint density at radius 1 is 1.36 bits per heavy atom. The zero-order chi connectivity index (χ0) is 16.0. The summed E-state index contributed by atoms with van der Waals surface area (Å²) >= 11 is 1.88. The number of alkyl halides is 3. The van der Waals surface area contributed by atoms with E-state index in [4.69, 9.17) is 10.5 Å². The second-order valence-corrected chi connectivity index (χ2v) is 5.80. The van der Waals surface area contributed by atoms with E-state index in [0.717, 1.165) is 36.9 Å². The highest BCUT2D eigenvalue weighted by Gasteiger charge is 2.30. The molecule has 2 heterocycles. The van der Waals surface area contributed by atoms with Crippen LogP contribution in [0.1, 0.15) is 5.56 Å². The van der Waals surface area contributed by atoms with Gasteiger partial charge in [-0.15, -0.1) is 0 Å². The van der Waals surface area contributed by atoms with Crippen LogP contribution in [-0.2, 0) is 6.18 Å². The summed E-state index contributed by atoms with van der Waals surface area (Å²) in [5.74, 6) is 2.67. The molecule has 0 unspecified atom stereocenters. The summed E-state index contributed by atoms with van der Waals surface area (Å²) in [5.41, 5.74) is 5.07. The molecule has 5 nitrogen and oxygen atoms in total. The predicted octanol–water partition coefficient (Wildman–Crippen LogP) is 1.84. The topological polar surface area (TPSA) is 63.7 Å². The molecule has 22 heavy (non-hydrogen) atoms. The molecule has 1 fully saturated rings. The maximum atomic E-state index is 12.4. The molecule has 0 spiro atoms. The smallest absolute Gasteiger partial charge is 0.417 e. The van der Waals surface area contributed by atoms with E-state index in [1.54, 1.807) is 0 Å². The predicted molar refractivity (Wildman–Crippen MR) is 80.1 cm³/mol. The van der Waals surface area contributed by atoms with Gasteiger partial charge in [0.2, 0.25) is 5.88 Å². The van der Waals surface area contributed by atoms with Crippen molar-refractivity contribution in [2.24, 2.45) is 10.7 Å². The lowest BCUT2D eigenvalue weighted by Crippen LogP contribution is -2.42. The van der Waals surface area contributed by atoms with Gasteiger partial charge >= 0.3 is 6.18 Å². The van der Waals surface area contributed by atoms with E-state index < -0.39 is 11.7 Å². The zero-order valence-electron chi connectivity index (χ0n) is 11.8. The minimum Gasteiger partial charge on any atom is -0.476 e. The van der Waals surface area contributed by atoms with Crippen LogP contribution in [0.15, 0.2) is 23.3 Å². The maximum Gasteiger partial charge on any atom is 0.417 e. The van der Waals surface area contributed by atoms with Crippen molar-refractivity contribution in [3.63, 3.8) is 0 Å². The third-order valence-electron chi connectivity index (χ3n) is 3.01. The normalized spacial score (nSPS) is 16.7. The molecule has 1 aromatic rings. The molecule has 1 saturated heterocycles. The van der Waals surface area contributed by atoms with Crippen molar-refractivity contribution in [2.45, 2.75) is 6.18 Å². The highest BCUT2D eigenvalue weighted by molar-refractivity contribution is 7.99. The average molecular weight is 334 g/mol. The molecular formula is C13H17F3N4OS. The molecular weight excluding hydrogens is 317 g/mol. The molecule has 122 valence electrons. The first-order chi connectivity index (χ1) is 10.5. The first-order valence-corrected chi connectivity index (χ1v) is 7.91. The Labute approximate surface area is 130 Å².